The molecule has 0 aliphatic rings. The Morgan fingerprint density at radius 1 is 1.24 bits per heavy atom. The van der Waals surface area contributed by atoms with Crippen molar-refractivity contribution in [3.63, 3.8) is 0 Å². The van der Waals surface area contributed by atoms with Crippen LogP contribution in [0.2, 0.25) is 0 Å². The normalized spacial score (nSPS) is 13.7. The Labute approximate surface area is 126 Å². The van der Waals surface area contributed by atoms with Gasteiger partial charge in [0.05, 0.1) is 17.0 Å². The van der Waals surface area contributed by atoms with Crippen LogP contribution in [0.3, 0.4) is 0 Å². The van der Waals surface area contributed by atoms with Gasteiger partial charge in [0, 0.05) is 17.6 Å². The lowest BCUT2D eigenvalue weighted by molar-refractivity contribution is 0.512. The van der Waals surface area contributed by atoms with E-state index in [0.29, 0.717) is 11.5 Å². The van der Waals surface area contributed by atoms with E-state index in [1.54, 1.807) is 6.20 Å². The standard InChI is InChI=1S/C16H22N2O2S/c1-12(2)7-15(17)11-21(19,20)10-13-8-14-5-3-4-6-16(14)18-9-13/h3-6,8-9,12,15H,7,10-11,17H2,1-2H3/t15-/m0/s1. The zero-order valence-electron chi connectivity index (χ0n) is 12.5. The van der Waals surface area contributed by atoms with Crippen molar-refractivity contribution < 1.29 is 8.42 Å². The van der Waals surface area contributed by atoms with Gasteiger partial charge in [-0.1, -0.05) is 32.0 Å². The van der Waals surface area contributed by atoms with Crippen molar-refractivity contribution in [3.8, 4) is 0 Å². The molecule has 0 saturated carbocycles. The van der Waals surface area contributed by atoms with Gasteiger partial charge >= 0.3 is 0 Å². The molecule has 2 N–H and O–H groups in total. The fourth-order valence-electron chi connectivity index (χ4n) is 2.51. The van der Waals surface area contributed by atoms with Crippen molar-refractivity contribution in [1.82, 2.24) is 4.98 Å². The van der Waals surface area contributed by atoms with Gasteiger partial charge < -0.3 is 5.73 Å². The summed E-state index contributed by atoms with van der Waals surface area (Å²) in [6.07, 6.45) is 2.35. The Hall–Kier alpha value is -1.46. The highest BCUT2D eigenvalue weighted by Crippen LogP contribution is 2.15. The number of nitrogens with zero attached hydrogens (tertiary/aromatic N) is 1. The van der Waals surface area contributed by atoms with Crippen molar-refractivity contribution in [2.24, 2.45) is 11.7 Å². The van der Waals surface area contributed by atoms with Gasteiger partial charge in [0.1, 0.15) is 0 Å². The molecule has 0 radical (unpaired) electrons. The predicted octanol–water partition coefficient (Wildman–Crippen LogP) is 2.52. The van der Waals surface area contributed by atoms with Gasteiger partial charge in [-0.2, -0.15) is 0 Å². The summed E-state index contributed by atoms with van der Waals surface area (Å²) in [5, 5.41) is 0.955. The fourth-order valence-corrected chi connectivity index (χ4v) is 4.08. The number of hydrogen-bond donors (Lipinski definition) is 1. The van der Waals surface area contributed by atoms with Crippen molar-refractivity contribution >= 4 is 20.7 Å². The van der Waals surface area contributed by atoms with E-state index in [4.69, 9.17) is 5.73 Å². The number of pyridine rings is 1. The number of rotatable bonds is 6. The van der Waals surface area contributed by atoms with Crippen LogP contribution in [0.15, 0.2) is 36.5 Å². The smallest absolute Gasteiger partial charge is 0.156 e. The minimum atomic E-state index is -3.21. The van der Waals surface area contributed by atoms with Crippen LogP contribution >= 0.6 is 0 Å². The molecule has 0 aliphatic heterocycles. The molecule has 1 heterocycles. The summed E-state index contributed by atoms with van der Waals surface area (Å²) in [7, 11) is -3.21. The van der Waals surface area contributed by atoms with E-state index in [-0.39, 0.29) is 17.5 Å². The summed E-state index contributed by atoms with van der Waals surface area (Å²) in [6, 6.07) is 9.25. The third-order valence-corrected chi connectivity index (χ3v) is 4.99. The van der Waals surface area contributed by atoms with Crippen molar-refractivity contribution in [1.29, 1.82) is 0 Å². The maximum absolute atomic E-state index is 12.2. The molecule has 2 aromatic rings. The minimum Gasteiger partial charge on any atom is -0.327 e. The first-order chi connectivity index (χ1) is 9.85. The van der Waals surface area contributed by atoms with Gasteiger partial charge in [-0.3, -0.25) is 4.98 Å². The molecule has 0 spiro atoms. The topological polar surface area (TPSA) is 73.1 Å². The van der Waals surface area contributed by atoms with Crippen LogP contribution in [0.1, 0.15) is 25.8 Å². The second kappa shape index (κ2) is 6.54. The lowest BCUT2D eigenvalue weighted by Crippen LogP contribution is -2.31. The van der Waals surface area contributed by atoms with Crippen LogP contribution < -0.4 is 5.73 Å². The van der Waals surface area contributed by atoms with E-state index in [1.807, 2.05) is 44.2 Å². The quantitative estimate of drug-likeness (QED) is 0.890. The average Bonchev–Trinajstić information content (AvgIpc) is 2.36. The van der Waals surface area contributed by atoms with Crippen LogP contribution in [-0.4, -0.2) is 25.2 Å². The number of fused-ring (bicyclic) bond motifs is 1. The van der Waals surface area contributed by atoms with Gasteiger partial charge in [-0.25, -0.2) is 8.42 Å². The molecule has 5 heteroatoms. The molecule has 4 nitrogen and oxygen atoms in total. The predicted molar refractivity (Wildman–Crippen MR) is 86.7 cm³/mol. The van der Waals surface area contributed by atoms with Crippen LogP contribution in [0, 0.1) is 5.92 Å². The summed E-state index contributed by atoms with van der Waals surface area (Å²) in [5.41, 5.74) is 7.49. The number of sulfone groups is 1. The maximum Gasteiger partial charge on any atom is 0.156 e. The first-order valence-corrected chi connectivity index (χ1v) is 8.97. The molecule has 0 unspecified atom stereocenters. The lowest BCUT2D eigenvalue weighted by Gasteiger charge is -2.14. The van der Waals surface area contributed by atoms with Gasteiger partial charge in [0.2, 0.25) is 0 Å². The highest BCUT2D eigenvalue weighted by atomic mass is 32.2. The molecule has 1 atom stereocenters. The molecule has 114 valence electrons. The molecular weight excluding hydrogens is 284 g/mol. The Morgan fingerprint density at radius 3 is 2.67 bits per heavy atom. The highest BCUT2D eigenvalue weighted by molar-refractivity contribution is 7.90. The van der Waals surface area contributed by atoms with E-state index < -0.39 is 9.84 Å². The molecular formula is C16H22N2O2S. The first kappa shape index (κ1) is 15.9. The number of aromatic nitrogens is 1. The zero-order valence-corrected chi connectivity index (χ0v) is 13.3. The van der Waals surface area contributed by atoms with E-state index in [2.05, 4.69) is 4.98 Å². The van der Waals surface area contributed by atoms with Crippen molar-refractivity contribution in [3.05, 3.63) is 42.1 Å². The summed E-state index contributed by atoms with van der Waals surface area (Å²) in [5.74, 6) is 0.423. The Bertz CT molecular complexity index is 711. The fraction of sp³-hybridized carbons (Fsp3) is 0.438. The molecule has 0 aliphatic carbocycles. The first-order valence-electron chi connectivity index (χ1n) is 7.15. The van der Waals surface area contributed by atoms with E-state index in [9.17, 15) is 8.42 Å². The second-order valence-corrected chi connectivity index (χ2v) is 8.09. The van der Waals surface area contributed by atoms with Gasteiger partial charge in [0.15, 0.2) is 9.84 Å². The molecule has 1 aromatic heterocycles. The van der Waals surface area contributed by atoms with Gasteiger partial charge in [-0.15, -0.1) is 0 Å². The molecule has 2 rings (SSSR count). The SMILES string of the molecule is CC(C)C[C@H](N)CS(=O)(=O)Cc1cnc2ccccc2c1. The Morgan fingerprint density at radius 2 is 1.95 bits per heavy atom. The average molecular weight is 306 g/mol. The molecule has 0 bridgehead atoms. The summed E-state index contributed by atoms with van der Waals surface area (Å²) in [6.45, 7) is 4.08. The molecule has 0 amide bonds. The van der Waals surface area contributed by atoms with Crippen molar-refractivity contribution in [2.75, 3.05) is 5.75 Å². The largest absolute Gasteiger partial charge is 0.327 e. The van der Waals surface area contributed by atoms with Gasteiger partial charge in [0.25, 0.3) is 0 Å². The maximum atomic E-state index is 12.2. The molecule has 0 fully saturated rings. The van der Waals surface area contributed by atoms with E-state index >= 15 is 0 Å². The minimum absolute atomic E-state index is 0.00334. The Balaban J connectivity index is 2.11. The third-order valence-electron chi connectivity index (χ3n) is 3.28. The molecule has 21 heavy (non-hydrogen) atoms. The van der Waals surface area contributed by atoms with Crippen LogP contribution in [-0.2, 0) is 15.6 Å². The third kappa shape index (κ3) is 4.79. The lowest BCUT2D eigenvalue weighted by atomic mass is 10.1. The Kier molecular flexibility index (Phi) is 4.96. The zero-order chi connectivity index (χ0) is 15.5. The van der Waals surface area contributed by atoms with Gasteiger partial charge in [-0.05, 0) is 30.0 Å². The number of para-hydroxylation sites is 1. The number of benzene rings is 1. The number of nitrogens with two attached hydrogens (primary N) is 1. The van der Waals surface area contributed by atoms with Crippen LogP contribution in [0.25, 0.3) is 10.9 Å². The second-order valence-electron chi connectivity index (χ2n) is 5.98. The van der Waals surface area contributed by atoms with E-state index in [0.717, 1.165) is 17.3 Å². The van der Waals surface area contributed by atoms with E-state index in [1.165, 1.54) is 0 Å². The highest BCUT2D eigenvalue weighted by Gasteiger charge is 2.18. The number of hydrogen-bond acceptors (Lipinski definition) is 4. The van der Waals surface area contributed by atoms with Crippen molar-refractivity contribution in [2.45, 2.75) is 32.1 Å². The van der Waals surface area contributed by atoms with Crippen LogP contribution in [0.5, 0.6) is 0 Å². The summed E-state index contributed by atoms with van der Waals surface area (Å²) < 4.78 is 24.4. The molecule has 0 saturated heterocycles. The van der Waals surface area contributed by atoms with Crippen LogP contribution in [0.4, 0.5) is 0 Å². The summed E-state index contributed by atoms with van der Waals surface area (Å²) in [4.78, 5) is 4.30. The summed E-state index contributed by atoms with van der Waals surface area (Å²) >= 11 is 0. The monoisotopic (exact) mass is 306 g/mol. The molecule has 1 aromatic carbocycles.